The molecule has 9 nitrogen and oxygen atoms in total. The molecule has 5 rings (SSSR count). The lowest BCUT2D eigenvalue weighted by Crippen LogP contribution is -2.43. The second-order valence-electron chi connectivity index (χ2n) is 9.47. The summed E-state index contributed by atoms with van der Waals surface area (Å²) < 4.78 is 20.5. The van der Waals surface area contributed by atoms with Crippen molar-refractivity contribution in [2.24, 2.45) is 11.5 Å². The average molecular weight is 506 g/mol. The molecule has 1 saturated carbocycles. The van der Waals surface area contributed by atoms with Crippen molar-refractivity contribution < 1.29 is 13.9 Å². The van der Waals surface area contributed by atoms with Crippen LogP contribution in [0, 0.1) is 5.82 Å². The van der Waals surface area contributed by atoms with Crippen LogP contribution < -0.4 is 27.0 Å². The lowest BCUT2D eigenvalue weighted by atomic mass is 9.91. The number of primary amides is 1. The predicted molar refractivity (Wildman–Crippen MR) is 143 cm³/mol. The van der Waals surface area contributed by atoms with E-state index in [2.05, 4.69) is 20.5 Å². The van der Waals surface area contributed by atoms with Gasteiger partial charge in [-0.25, -0.2) is 14.4 Å². The van der Waals surface area contributed by atoms with Crippen molar-refractivity contribution in [1.29, 1.82) is 0 Å². The van der Waals surface area contributed by atoms with Crippen molar-refractivity contribution in [2.75, 3.05) is 41.8 Å². The molecule has 1 saturated heterocycles. The molecule has 0 radical (unpaired) electrons. The van der Waals surface area contributed by atoms with Crippen molar-refractivity contribution >= 4 is 29.0 Å². The molecule has 1 aliphatic heterocycles. The Balaban J connectivity index is 1.52. The largest absolute Gasteiger partial charge is 0.378 e. The van der Waals surface area contributed by atoms with Gasteiger partial charge in [0.15, 0.2) is 11.6 Å². The highest BCUT2D eigenvalue weighted by molar-refractivity contribution is 5.98. The monoisotopic (exact) mass is 505 g/mol. The number of anilines is 4. The number of rotatable bonds is 7. The summed E-state index contributed by atoms with van der Waals surface area (Å²) in [7, 11) is 0. The van der Waals surface area contributed by atoms with Gasteiger partial charge < -0.3 is 31.7 Å². The second kappa shape index (κ2) is 11.1. The molecule has 0 spiro atoms. The summed E-state index contributed by atoms with van der Waals surface area (Å²) in [5.41, 5.74) is 14.2. The molecule has 1 aliphatic carbocycles. The lowest BCUT2D eigenvalue weighted by Gasteiger charge is -2.30. The molecule has 1 amide bonds. The maximum Gasteiger partial charge on any atom is 0.252 e. The molecule has 3 aromatic rings. The van der Waals surface area contributed by atoms with E-state index in [9.17, 15) is 9.18 Å². The number of pyridine rings is 2. The zero-order valence-corrected chi connectivity index (χ0v) is 20.6. The third kappa shape index (κ3) is 5.81. The van der Waals surface area contributed by atoms with Crippen LogP contribution in [0.5, 0.6) is 0 Å². The number of hydrogen-bond acceptors (Lipinski definition) is 8. The molecular weight excluding hydrogens is 473 g/mol. The fraction of sp³-hybridized carbons (Fsp3) is 0.370. The molecule has 1 aromatic carbocycles. The van der Waals surface area contributed by atoms with Gasteiger partial charge in [-0.1, -0.05) is 43.2 Å². The van der Waals surface area contributed by atoms with E-state index in [1.165, 1.54) is 0 Å². The van der Waals surface area contributed by atoms with E-state index in [0.29, 0.717) is 32.0 Å². The third-order valence-corrected chi connectivity index (χ3v) is 6.86. The smallest absolute Gasteiger partial charge is 0.252 e. The summed E-state index contributed by atoms with van der Waals surface area (Å²) in [6, 6.07) is 14.5. The van der Waals surface area contributed by atoms with Crippen LogP contribution in [0.3, 0.4) is 0 Å². The number of nitrogens with two attached hydrogens (primary N) is 2. The first-order valence-corrected chi connectivity index (χ1v) is 12.7. The number of halogens is 1. The van der Waals surface area contributed by atoms with Gasteiger partial charge in [0.2, 0.25) is 0 Å². The van der Waals surface area contributed by atoms with E-state index < -0.39 is 11.7 Å². The van der Waals surface area contributed by atoms with Crippen molar-refractivity contribution in [1.82, 2.24) is 9.97 Å². The number of nitrogens with zero attached hydrogens (tertiary/aromatic N) is 3. The van der Waals surface area contributed by atoms with E-state index in [1.54, 1.807) is 0 Å². The Labute approximate surface area is 215 Å². The number of morpholine rings is 1. The van der Waals surface area contributed by atoms with E-state index in [4.69, 9.17) is 21.2 Å². The molecule has 0 unspecified atom stereocenters. The highest BCUT2D eigenvalue weighted by atomic mass is 19.1. The van der Waals surface area contributed by atoms with Gasteiger partial charge in [-0.2, -0.15) is 0 Å². The second-order valence-corrected chi connectivity index (χ2v) is 9.47. The number of hydrogen-bond donors (Lipinski definition) is 4. The van der Waals surface area contributed by atoms with E-state index >= 15 is 0 Å². The van der Waals surface area contributed by atoms with Gasteiger partial charge >= 0.3 is 0 Å². The van der Waals surface area contributed by atoms with E-state index in [-0.39, 0.29) is 29.3 Å². The Hall–Kier alpha value is -3.76. The number of benzene rings is 1. The first kappa shape index (κ1) is 24.9. The summed E-state index contributed by atoms with van der Waals surface area (Å²) >= 11 is 0. The third-order valence-electron chi connectivity index (χ3n) is 6.86. The number of aromatic nitrogens is 2. The number of nitrogens with one attached hydrogen (secondary N) is 2. The molecule has 194 valence electrons. The molecule has 3 heterocycles. The van der Waals surface area contributed by atoms with Crippen LogP contribution >= 0.6 is 0 Å². The summed E-state index contributed by atoms with van der Waals surface area (Å²) in [5.74, 6) is -0.452. The standard InChI is InChI=1S/C27H32FN7O2/c28-20-16-19(25(30)36)26(34-27(20)33-22-9-5-4-8-21(22)29)31-18-14-23(17-6-2-1-3-7-17)32-24(15-18)35-10-12-37-13-11-35/h1-3,6-7,14-16,21-22H,4-5,8-13,29H2,(H2,30,36)(H2,31,32,33,34)/t21-,22+/m0/s1. The van der Waals surface area contributed by atoms with Gasteiger partial charge in [0.05, 0.1) is 24.5 Å². The average Bonchev–Trinajstić information content (AvgIpc) is 2.92. The molecule has 2 aromatic heterocycles. The first-order chi connectivity index (χ1) is 18.0. The Morgan fingerprint density at radius 1 is 1.03 bits per heavy atom. The van der Waals surface area contributed by atoms with Crippen LogP contribution in [-0.4, -0.2) is 54.3 Å². The normalized spacial score (nSPS) is 19.9. The van der Waals surface area contributed by atoms with Gasteiger partial charge in [-0.3, -0.25) is 4.79 Å². The van der Waals surface area contributed by atoms with Crippen LogP contribution in [0.2, 0.25) is 0 Å². The maximum absolute atomic E-state index is 15.0. The molecule has 0 bridgehead atoms. The fourth-order valence-electron chi connectivity index (χ4n) is 4.82. The van der Waals surface area contributed by atoms with Crippen molar-refractivity contribution in [3.63, 3.8) is 0 Å². The highest BCUT2D eigenvalue weighted by Gasteiger charge is 2.25. The van der Waals surface area contributed by atoms with Crippen molar-refractivity contribution in [3.8, 4) is 11.3 Å². The lowest BCUT2D eigenvalue weighted by molar-refractivity contribution is 0.100. The topological polar surface area (TPSA) is 131 Å². The fourth-order valence-corrected chi connectivity index (χ4v) is 4.82. The Kier molecular flexibility index (Phi) is 7.47. The number of ether oxygens (including phenoxy) is 1. The van der Waals surface area contributed by atoms with Crippen LogP contribution in [0.15, 0.2) is 48.5 Å². The summed E-state index contributed by atoms with van der Waals surface area (Å²) in [6.07, 6.45) is 3.77. The summed E-state index contributed by atoms with van der Waals surface area (Å²) in [4.78, 5) is 23.7. The van der Waals surface area contributed by atoms with Crippen molar-refractivity contribution in [2.45, 2.75) is 37.8 Å². The Morgan fingerprint density at radius 2 is 1.78 bits per heavy atom. The molecule has 10 heteroatoms. The maximum atomic E-state index is 15.0. The minimum atomic E-state index is -0.777. The van der Waals surface area contributed by atoms with E-state index in [1.807, 2.05) is 42.5 Å². The van der Waals surface area contributed by atoms with Gasteiger partial charge in [0, 0.05) is 42.5 Å². The van der Waals surface area contributed by atoms with Crippen LogP contribution in [0.25, 0.3) is 11.3 Å². The minimum Gasteiger partial charge on any atom is -0.378 e. The van der Waals surface area contributed by atoms with E-state index in [0.717, 1.165) is 48.8 Å². The Morgan fingerprint density at radius 3 is 2.51 bits per heavy atom. The van der Waals surface area contributed by atoms with Crippen molar-refractivity contribution in [3.05, 3.63) is 59.9 Å². The zero-order valence-electron chi connectivity index (χ0n) is 20.6. The highest BCUT2D eigenvalue weighted by Crippen LogP contribution is 2.31. The molecule has 6 N–H and O–H groups in total. The van der Waals surface area contributed by atoms with Crippen LogP contribution in [-0.2, 0) is 4.74 Å². The molecule has 2 atom stereocenters. The Bertz CT molecular complexity index is 1250. The quantitative estimate of drug-likeness (QED) is 0.383. The molecule has 2 aliphatic rings. The number of carbonyl (C=O) groups excluding carboxylic acids is 1. The van der Waals surface area contributed by atoms with Crippen LogP contribution in [0.1, 0.15) is 36.0 Å². The van der Waals surface area contributed by atoms with Gasteiger partial charge in [0.1, 0.15) is 11.6 Å². The molecule has 2 fully saturated rings. The summed E-state index contributed by atoms with van der Waals surface area (Å²) in [5, 5.41) is 6.37. The van der Waals surface area contributed by atoms with Gasteiger partial charge in [-0.05, 0) is 25.0 Å². The first-order valence-electron chi connectivity index (χ1n) is 12.7. The number of carbonyl (C=O) groups is 1. The number of amides is 1. The zero-order chi connectivity index (χ0) is 25.8. The van der Waals surface area contributed by atoms with Crippen LogP contribution in [0.4, 0.5) is 27.5 Å². The summed E-state index contributed by atoms with van der Waals surface area (Å²) in [6.45, 7) is 2.65. The van der Waals surface area contributed by atoms with Gasteiger partial charge in [-0.15, -0.1) is 0 Å². The molecular formula is C27H32FN7O2. The molecule has 37 heavy (non-hydrogen) atoms. The predicted octanol–water partition coefficient (Wildman–Crippen LogP) is 3.64. The SMILES string of the molecule is NC(=O)c1cc(F)c(N[C@@H]2CCCC[C@@H]2N)nc1Nc1cc(-c2ccccc2)nc(N2CCOCC2)c1. The minimum absolute atomic E-state index is 0.0398. The van der Waals surface area contributed by atoms with Gasteiger partial charge in [0.25, 0.3) is 5.91 Å².